The van der Waals surface area contributed by atoms with Gasteiger partial charge in [0, 0.05) is 75.0 Å². The number of carbonyl (C=O) groups is 1. The van der Waals surface area contributed by atoms with Crippen molar-refractivity contribution in [2.45, 2.75) is 45.3 Å². The van der Waals surface area contributed by atoms with Crippen molar-refractivity contribution in [2.24, 2.45) is 0 Å². The summed E-state index contributed by atoms with van der Waals surface area (Å²) in [5, 5.41) is 5.48. The van der Waals surface area contributed by atoms with E-state index in [-0.39, 0.29) is 17.8 Å². The summed E-state index contributed by atoms with van der Waals surface area (Å²) in [6.07, 6.45) is 5.57. The van der Waals surface area contributed by atoms with Crippen molar-refractivity contribution < 1.29 is 13.9 Å². The molecule has 0 radical (unpaired) electrons. The average Bonchev–Trinajstić information content (AvgIpc) is 3.64. The van der Waals surface area contributed by atoms with E-state index in [1.54, 1.807) is 18.3 Å². The van der Waals surface area contributed by atoms with Crippen LogP contribution in [0.3, 0.4) is 0 Å². The number of rotatable bonds is 8. The number of carbonyl (C=O) groups excluding carboxylic acids is 1. The fourth-order valence-corrected chi connectivity index (χ4v) is 5.88. The Labute approximate surface area is 237 Å². The van der Waals surface area contributed by atoms with Crippen molar-refractivity contribution in [1.82, 2.24) is 25.1 Å². The molecule has 208 valence electrons. The second kappa shape index (κ2) is 11.5. The van der Waals surface area contributed by atoms with Gasteiger partial charge in [-0.3, -0.25) is 19.8 Å². The Bertz CT molecular complexity index is 1500. The number of fused-ring (bicyclic) bond motifs is 1. The van der Waals surface area contributed by atoms with Crippen molar-refractivity contribution in [3.8, 4) is 22.1 Å². The number of nitrogens with zero attached hydrogens (tertiary/aromatic N) is 4. The summed E-state index contributed by atoms with van der Waals surface area (Å²) in [6, 6.07) is 12.8. The highest BCUT2D eigenvalue weighted by Crippen LogP contribution is 2.39. The van der Waals surface area contributed by atoms with E-state index in [9.17, 15) is 9.18 Å². The first-order valence-electron chi connectivity index (χ1n) is 13.8. The van der Waals surface area contributed by atoms with Crippen molar-refractivity contribution in [2.75, 3.05) is 31.5 Å². The Morgan fingerprint density at radius 3 is 2.60 bits per heavy atom. The first-order chi connectivity index (χ1) is 19.4. The highest BCUT2D eigenvalue weighted by atomic mass is 32.1. The Kier molecular flexibility index (Phi) is 7.64. The number of thiophene rings is 1. The quantitative estimate of drug-likeness (QED) is 0.271. The summed E-state index contributed by atoms with van der Waals surface area (Å²) in [4.78, 5) is 27.2. The van der Waals surface area contributed by atoms with Crippen LogP contribution in [0.2, 0.25) is 0 Å². The van der Waals surface area contributed by atoms with Crippen molar-refractivity contribution in [3.05, 3.63) is 66.2 Å². The molecule has 8 nitrogen and oxygen atoms in total. The van der Waals surface area contributed by atoms with E-state index in [0.717, 1.165) is 66.4 Å². The van der Waals surface area contributed by atoms with E-state index in [4.69, 9.17) is 9.72 Å². The van der Waals surface area contributed by atoms with Gasteiger partial charge >= 0.3 is 6.03 Å². The van der Waals surface area contributed by atoms with E-state index in [1.165, 1.54) is 29.0 Å². The summed E-state index contributed by atoms with van der Waals surface area (Å²) in [6.45, 7) is 9.75. The summed E-state index contributed by atoms with van der Waals surface area (Å²) in [5.74, 6) is 0.0330. The molecule has 2 fully saturated rings. The molecule has 1 aromatic carbocycles. The maximum absolute atomic E-state index is 14.9. The predicted octanol–water partition coefficient (Wildman–Crippen LogP) is 6.10. The number of aromatic nitrogens is 2. The number of hydrogen-bond acceptors (Lipinski definition) is 7. The van der Waals surface area contributed by atoms with E-state index in [2.05, 4.69) is 51.4 Å². The predicted molar refractivity (Wildman–Crippen MR) is 156 cm³/mol. The van der Waals surface area contributed by atoms with E-state index in [0.29, 0.717) is 17.5 Å². The Morgan fingerprint density at radius 2 is 1.90 bits per heavy atom. The van der Waals surface area contributed by atoms with Crippen LogP contribution in [-0.4, -0.2) is 64.1 Å². The number of piperazine rings is 1. The van der Waals surface area contributed by atoms with Crippen LogP contribution in [0.4, 0.5) is 14.9 Å². The number of benzene rings is 1. The Hall–Kier alpha value is -3.60. The maximum atomic E-state index is 14.9. The van der Waals surface area contributed by atoms with Crippen molar-refractivity contribution in [1.29, 1.82) is 0 Å². The lowest BCUT2D eigenvalue weighted by molar-refractivity contribution is 0.104. The van der Waals surface area contributed by atoms with Gasteiger partial charge in [-0.05, 0) is 56.5 Å². The smallest absolute Gasteiger partial charge is 0.319 e. The van der Waals surface area contributed by atoms with Gasteiger partial charge in [0.2, 0.25) is 0 Å². The van der Waals surface area contributed by atoms with Gasteiger partial charge in [0.05, 0.1) is 20.8 Å². The third-order valence-electron chi connectivity index (χ3n) is 7.32. The molecule has 1 saturated heterocycles. The minimum Gasteiger partial charge on any atom is -0.453 e. The van der Waals surface area contributed by atoms with Crippen LogP contribution in [0.5, 0.6) is 11.5 Å². The number of hydrogen-bond donors (Lipinski definition) is 2. The molecule has 6 rings (SSSR count). The molecule has 40 heavy (non-hydrogen) atoms. The van der Waals surface area contributed by atoms with Gasteiger partial charge in [-0.15, -0.1) is 11.3 Å². The van der Waals surface area contributed by atoms with Crippen LogP contribution in [-0.2, 0) is 6.54 Å². The third kappa shape index (κ3) is 6.24. The second-order valence-electron chi connectivity index (χ2n) is 10.7. The Morgan fingerprint density at radius 1 is 1.07 bits per heavy atom. The Balaban J connectivity index is 1.13. The zero-order valence-corrected chi connectivity index (χ0v) is 23.5. The summed E-state index contributed by atoms with van der Waals surface area (Å²) < 4.78 is 21.7. The van der Waals surface area contributed by atoms with Crippen LogP contribution < -0.4 is 15.4 Å². The molecule has 2 aliphatic rings. The molecule has 3 aromatic heterocycles. The minimum absolute atomic E-state index is 0.0762. The van der Waals surface area contributed by atoms with E-state index >= 15 is 0 Å². The summed E-state index contributed by atoms with van der Waals surface area (Å²) in [7, 11) is 0. The molecule has 0 unspecified atom stereocenters. The van der Waals surface area contributed by atoms with Crippen molar-refractivity contribution in [3.63, 3.8) is 0 Å². The first kappa shape index (κ1) is 26.6. The number of ether oxygens (including phenoxy) is 1. The SMILES string of the molecule is CC(C)N1CCN(Cc2ccc(-c3cc4nccc(Oc5ccc(NC(=O)NC6CC6)cc5F)c4s3)nc2)CC1. The zero-order valence-electron chi connectivity index (χ0n) is 22.7. The molecule has 1 saturated carbocycles. The molecule has 10 heteroatoms. The molecule has 1 aliphatic carbocycles. The number of pyridine rings is 2. The van der Waals surface area contributed by atoms with Crippen LogP contribution in [0.1, 0.15) is 32.3 Å². The molecular weight excluding hydrogens is 527 g/mol. The highest BCUT2D eigenvalue weighted by Gasteiger charge is 2.23. The highest BCUT2D eigenvalue weighted by molar-refractivity contribution is 7.22. The van der Waals surface area contributed by atoms with Crippen LogP contribution >= 0.6 is 11.3 Å². The molecule has 0 bridgehead atoms. The van der Waals surface area contributed by atoms with Gasteiger partial charge in [-0.25, -0.2) is 9.18 Å². The van der Waals surface area contributed by atoms with Gasteiger partial charge in [-0.2, -0.15) is 0 Å². The van der Waals surface area contributed by atoms with Gasteiger partial charge in [0.1, 0.15) is 5.75 Å². The number of amides is 2. The van der Waals surface area contributed by atoms with E-state index < -0.39 is 5.82 Å². The number of halogens is 1. The molecule has 2 amide bonds. The number of urea groups is 1. The fourth-order valence-electron chi connectivity index (χ4n) is 4.84. The van der Waals surface area contributed by atoms with E-state index in [1.807, 2.05) is 12.3 Å². The molecule has 0 spiro atoms. The van der Waals surface area contributed by atoms with Crippen LogP contribution in [0.25, 0.3) is 20.8 Å². The van der Waals surface area contributed by atoms with Gasteiger partial charge in [0.25, 0.3) is 0 Å². The largest absolute Gasteiger partial charge is 0.453 e. The normalized spacial score (nSPS) is 16.4. The van der Waals surface area contributed by atoms with Crippen LogP contribution in [0.15, 0.2) is 54.9 Å². The lowest BCUT2D eigenvalue weighted by Crippen LogP contribution is -2.48. The molecule has 2 N–H and O–H groups in total. The van der Waals surface area contributed by atoms with Gasteiger partial charge in [0.15, 0.2) is 11.6 Å². The van der Waals surface area contributed by atoms with Crippen molar-refractivity contribution >= 4 is 33.3 Å². The lowest BCUT2D eigenvalue weighted by Gasteiger charge is -2.36. The maximum Gasteiger partial charge on any atom is 0.319 e. The zero-order chi connectivity index (χ0) is 27.6. The topological polar surface area (TPSA) is 82.6 Å². The summed E-state index contributed by atoms with van der Waals surface area (Å²) >= 11 is 1.52. The number of nitrogens with one attached hydrogen (secondary N) is 2. The molecule has 0 atom stereocenters. The lowest BCUT2D eigenvalue weighted by atomic mass is 10.2. The minimum atomic E-state index is -0.561. The first-order valence-corrected chi connectivity index (χ1v) is 14.6. The third-order valence-corrected chi connectivity index (χ3v) is 8.48. The molecule has 4 aromatic rings. The number of anilines is 1. The monoisotopic (exact) mass is 560 g/mol. The molecular formula is C30H33FN6O2S. The van der Waals surface area contributed by atoms with Gasteiger partial charge in [-0.1, -0.05) is 6.07 Å². The second-order valence-corrected chi connectivity index (χ2v) is 11.8. The van der Waals surface area contributed by atoms with Crippen LogP contribution in [0, 0.1) is 5.82 Å². The van der Waals surface area contributed by atoms with Gasteiger partial charge < -0.3 is 15.4 Å². The fraction of sp³-hybridized carbons (Fsp3) is 0.367. The summed E-state index contributed by atoms with van der Waals surface area (Å²) in [5.41, 5.74) is 3.20. The molecule has 4 heterocycles. The standard InChI is InChI=1S/C30H33FN6O2S/c1-19(2)37-13-11-36(12-14-37)18-20-3-7-24(33-17-20)28-16-25-29(40-28)27(9-10-32-25)39-26-8-6-22(15-23(26)31)35-30(38)34-21-4-5-21/h3,6-10,15-17,19,21H,4-5,11-14,18H2,1-2H3,(H2,34,35,38). The molecule has 1 aliphatic heterocycles. The average molecular weight is 561 g/mol.